The molecule has 0 radical (unpaired) electrons. The van der Waals surface area contributed by atoms with Crippen LogP contribution in [0.5, 0.6) is 0 Å². The van der Waals surface area contributed by atoms with Crippen LogP contribution in [-0.2, 0) is 9.53 Å². The number of aromatic nitrogens is 3. The van der Waals surface area contributed by atoms with Gasteiger partial charge in [0.25, 0.3) is 5.56 Å². The zero-order valence-corrected chi connectivity index (χ0v) is 15.4. The van der Waals surface area contributed by atoms with Crippen LogP contribution in [0.4, 0.5) is 0 Å². The second-order valence-electron chi connectivity index (χ2n) is 6.99. The number of fused-ring (bicyclic) bond motifs is 1. The molecule has 1 amide bonds. The van der Waals surface area contributed by atoms with Crippen molar-refractivity contribution in [2.24, 2.45) is 0 Å². The van der Waals surface area contributed by atoms with Crippen LogP contribution in [0.2, 0.25) is 0 Å². The van der Waals surface area contributed by atoms with Gasteiger partial charge >= 0.3 is 0 Å². The van der Waals surface area contributed by atoms with Gasteiger partial charge in [-0.2, -0.15) is 0 Å². The number of nitrogens with zero attached hydrogens (tertiary/aromatic N) is 3. The summed E-state index contributed by atoms with van der Waals surface area (Å²) >= 11 is 0. The Morgan fingerprint density at radius 3 is 2.89 bits per heavy atom. The maximum Gasteiger partial charge on any atom is 0.272 e. The number of H-pyrrole nitrogens is 1. The number of amides is 1. The fourth-order valence-electron chi connectivity index (χ4n) is 3.57. The maximum atomic E-state index is 12.6. The highest BCUT2D eigenvalue weighted by Crippen LogP contribution is 2.27. The summed E-state index contributed by atoms with van der Waals surface area (Å²) in [4.78, 5) is 31.2. The largest absolute Gasteiger partial charge is 0.383 e. The number of aromatic amines is 1. The van der Waals surface area contributed by atoms with E-state index >= 15 is 0 Å². The second kappa shape index (κ2) is 7.00. The lowest BCUT2D eigenvalue weighted by Gasteiger charge is -2.15. The molecule has 2 aromatic heterocycles. The van der Waals surface area contributed by atoms with Gasteiger partial charge in [-0.25, -0.2) is 9.50 Å². The molecule has 27 heavy (non-hydrogen) atoms. The van der Waals surface area contributed by atoms with Gasteiger partial charge in [0.15, 0.2) is 5.65 Å². The topological polar surface area (TPSA) is 79.7 Å². The summed E-state index contributed by atoms with van der Waals surface area (Å²) in [6.45, 7) is 3.67. The van der Waals surface area contributed by atoms with Gasteiger partial charge in [0.1, 0.15) is 0 Å². The predicted molar refractivity (Wildman–Crippen MR) is 102 cm³/mol. The van der Waals surface area contributed by atoms with E-state index < -0.39 is 0 Å². The van der Waals surface area contributed by atoms with Gasteiger partial charge in [-0.1, -0.05) is 23.8 Å². The molecule has 0 saturated carbocycles. The highest BCUT2D eigenvalue weighted by molar-refractivity contribution is 5.79. The molecule has 4 rings (SSSR count). The molecule has 0 spiro atoms. The van der Waals surface area contributed by atoms with Crippen LogP contribution in [-0.4, -0.2) is 52.2 Å². The number of rotatable bonds is 5. The third-order valence-corrected chi connectivity index (χ3v) is 5.00. The van der Waals surface area contributed by atoms with Crippen molar-refractivity contribution in [1.82, 2.24) is 19.5 Å². The Balaban J connectivity index is 1.66. The van der Waals surface area contributed by atoms with Crippen LogP contribution in [0.25, 0.3) is 16.9 Å². The molecule has 1 aromatic carbocycles. The first-order valence-electron chi connectivity index (χ1n) is 9.01. The van der Waals surface area contributed by atoms with E-state index in [-0.39, 0.29) is 17.4 Å². The average molecular weight is 366 g/mol. The first kappa shape index (κ1) is 17.5. The molecule has 0 aliphatic carbocycles. The molecule has 7 nitrogen and oxygen atoms in total. The molecule has 1 N–H and O–H groups in total. The van der Waals surface area contributed by atoms with E-state index in [4.69, 9.17) is 4.74 Å². The van der Waals surface area contributed by atoms with Crippen LogP contribution in [0.1, 0.15) is 23.6 Å². The lowest BCUT2D eigenvalue weighted by molar-refractivity contribution is -0.128. The first-order valence-corrected chi connectivity index (χ1v) is 9.01. The van der Waals surface area contributed by atoms with Crippen LogP contribution in [0, 0.1) is 6.92 Å². The average Bonchev–Trinajstić information content (AvgIpc) is 3.24. The van der Waals surface area contributed by atoms with Gasteiger partial charge in [-0.3, -0.25) is 14.7 Å². The molecule has 7 heteroatoms. The normalized spacial score (nSPS) is 17.2. The highest BCUT2D eigenvalue weighted by atomic mass is 16.5. The van der Waals surface area contributed by atoms with Crippen molar-refractivity contribution >= 4 is 11.6 Å². The summed E-state index contributed by atoms with van der Waals surface area (Å²) in [5.41, 5.74) is 4.05. The van der Waals surface area contributed by atoms with E-state index in [1.54, 1.807) is 12.0 Å². The van der Waals surface area contributed by atoms with E-state index in [2.05, 4.69) is 16.1 Å². The minimum absolute atomic E-state index is 0.0654. The minimum atomic E-state index is -0.170. The molecule has 1 fully saturated rings. The minimum Gasteiger partial charge on any atom is -0.383 e. The quantitative estimate of drug-likeness (QED) is 0.749. The van der Waals surface area contributed by atoms with Crippen LogP contribution in [0.15, 0.2) is 41.2 Å². The summed E-state index contributed by atoms with van der Waals surface area (Å²) in [7, 11) is 1.62. The summed E-state index contributed by atoms with van der Waals surface area (Å²) in [5.74, 6) is 0.0120. The molecule has 3 aromatic rings. The zero-order chi connectivity index (χ0) is 19.0. The molecule has 1 atom stereocenters. The number of ether oxygens (including phenoxy) is 1. The number of hydrogen-bond acceptors (Lipinski definition) is 4. The molecule has 1 aliphatic heterocycles. The molecule has 1 saturated heterocycles. The molecule has 0 bridgehead atoms. The number of hydrogen-bond donors (Lipinski definition) is 1. The lowest BCUT2D eigenvalue weighted by atomic mass is 10.0. The fraction of sp³-hybridized carbons (Fsp3) is 0.350. The van der Waals surface area contributed by atoms with E-state index in [1.807, 2.05) is 31.2 Å². The summed E-state index contributed by atoms with van der Waals surface area (Å²) < 4.78 is 6.50. The van der Waals surface area contributed by atoms with Gasteiger partial charge in [-0.05, 0) is 18.6 Å². The Morgan fingerprint density at radius 1 is 1.26 bits per heavy atom. The van der Waals surface area contributed by atoms with Crippen molar-refractivity contribution in [3.63, 3.8) is 0 Å². The van der Waals surface area contributed by atoms with Gasteiger partial charge in [-0.15, -0.1) is 0 Å². The Bertz CT molecular complexity index is 1050. The fourth-order valence-corrected chi connectivity index (χ4v) is 3.57. The van der Waals surface area contributed by atoms with Crippen molar-refractivity contribution in [3.8, 4) is 11.3 Å². The first-order chi connectivity index (χ1) is 13.0. The Kier molecular flexibility index (Phi) is 4.53. The summed E-state index contributed by atoms with van der Waals surface area (Å²) in [6, 6.07) is 11.5. The molecule has 3 heterocycles. The number of aryl methyl sites for hydroxylation is 1. The van der Waals surface area contributed by atoms with Crippen LogP contribution >= 0.6 is 0 Å². The SMILES string of the molecule is COCCN1C[C@H](c2cc(=O)n3[nH]c(-c4cccc(C)c4)cc3n2)CC1=O. The van der Waals surface area contributed by atoms with E-state index in [1.165, 1.54) is 10.6 Å². The van der Waals surface area contributed by atoms with E-state index in [9.17, 15) is 9.59 Å². The third-order valence-electron chi connectivity index (χ3n) is 5.00. The van der Waals surface area contributed by atoms with E-state index in [0.29, 0.717) is 37.5 Å². The number of carbonyl (C=O) groups is 1. The van der Waals surface area contributed by atoms with Crippen molar-refractivity contribution in [2.45, 2.75) is 19.3 Å². The predicted octanol–water partition coefficient (Wildman–Crippen LogP) is 1.96. The third kappa shape index (κ3) is 3.38. The van der Waals surface area contributed by atoms with Gasteiger partial charge in [0.2, 0.25) is 5.91 Å². The number of methoxy groups -OCH3 is 1. The van der Waals surface area contributed by atoms with Crippen molar-refractivity contribution < 1.29 is 9.53 Å². The number of benzene rings is 1. The van der Waals surface area contributed by atoms with E-state index in [0.717, 1.165) is 16.8 Å². The Morgan fingerprint density at radius 2 is 2.11 bits per heavy atom. The van der Waals surface area contributed by atoms with Crippen LogP contribution < -0.4 is 5.56 Å². The summed E-state index contributed by atoms with van der Waals surface area (Å²) in [6.07, 6.45) is 0.376. The maximum absolute atomic E-state index is 12.6. The Labute approximate surface area is 156 Å². The lowest BCUT2D eigenvalue weighted by Crippen LogP contribution is -2.28. The zero-order valence-electron chi connectivity index (χ0n) is 15.4. The molecule has 1 aliphatic rings. The molecular weight excluding hydrogens is 344 g/mol. The van der Waals surface area contributed by atoms with Crippen LogP contribution in [0.3, 0.4) is 0 Å². The number of likely N-dealkylation sites (tertiary alicyclic amines) is 1. The van der Waals surface area contributed by atoms with Crippen molar-refractivity contribution in [1.29, 1.82) is 0 Å². The number of carbonyl (C=O) groups excluding carboxylic acids is 1. The van der Waals surface area contributed by atoms with Gasteiger partial charge in [0, 0.05) is 44.7 Å². The number of nitrogens with one attached hydrogen (secondary N) is 1. The molecule has 140 valence electrons. The standard InChI is InChI=1S/C20H22N4O3/c1-13-4-3-5-14(8-13)17-10-18-21-16(11-20(26)24(18)22-17)15-9-19(25)23(12-15)6-7-27-2/h3-5,8,10-11,15,22H,6-7,9,12H2,1-2H3/t15-/m1/s1. The Hall–Kier alpha value is -2.93. The smallest absolute Gasteiger partial charge is 0.272 e. The van der Waals surface area contributed by atoms with Crippen molar-refractivity contribution in [3.05, 3.63) is 58.0 Å². The highest BCUT2D eigenvalue weighted by Gasteiger charge is 2.31. The monoisotopic (exact) mass is 366 g/mol. The van der Waals surface area contributed by atoms with Gasteiger partial charge < -0.3 is 9.64 Å². The molecular formula is C20H22N4O3. The van der Waals surface area contributed by atoms with Crippen molar-refractivity contribution in [2.75, 3.05) is 26.8 Å². The van der Waals surface area contributed by atoms with Gasteiger partial charge in [0.05, 0.1) is 18.0 Å². The second-order valence-corrected chi connectivity index (χ2v) is 6.99. The summed E-state index contributed by atoms with van der Waals surface area (Å²) in [5, 5.41) is 3.12. The molecule has 0 unspecified atom stereocenters.